The summed E-state index contributed by atoms with van der Waals surface area (Å²) in [5.74, 6) is 0.685. The predicted octanol–water partition coefficient (Wildman–Crippen LogP) is 3.79. The maximum absolute atomic E-state index is 3.39. The molecular weight excluding hydrogens is 170 g/mol. The van der Waals surface area contributed by atoms with Crippen molar-refractivity contribution in [3.63, 3.8) is 0 Å². The van der Waals surface area contributed by atoms with Crippen molar-refractivity contribution >= 4 is 11.8 Å². The Morgan fingerprint density at radius 2 is 1.86 bits per heavy atom. The lowest BCUT2D eigenvalue weighted by molar-refractivity contribution is 0.689. The molecule has 0 bridgehead atoms. The van der Waals surface area contributed by atoms with Crippen molar-refractivity contribution in [2.24, 2.45) is 5.92 Å². The third-order valence-corrected chi connectivity index (χ3v) is 1.98. The van der Waals surface area contributed by atoms with Gasteiger partial charge in [0.1, 0.15) is 0 Å². The first kappa shape index (κ1) is 10.8. The van der Waals surface area contributed by atoms with E-state index in [1.54, 1.807) is 0 Å². The lowest BCUT2D eigenvalue weighted by atomic mass is 10.2. The van der Waals surface area contributed by atoms with E-state index in [0.29, 0.717) is 5.92 Å². The van der Waals surface area contributed by atoms with Gasteiger partial charge < -0.3 is 5.32 Å². The molecule has 76 valence electrons. The first-order valence-electron chi connectivity index (χ1n) is 5.19. The van der Waals surface area contributed by atoms with Crippen LogP contribution in [0, 0.1) is 5.92 Å². The fraction of sp³-hybridized carbons (Fsp3) is 0.385. The van der Waals surface area contributed by atoms with Gasteiger partial charge in [0.2, 0.25) is 0 Å². The van der Waals surface area contributed by atoms with Crippen LogP contribution in [0.2, 0.25) is 0 Å². The van der Waals surface area contributed by atoms with Crippen molar-refractivity contribution in [2.45, 2.75) is 20.8 Å². The van der Waals surface area contributed by atoms with Gasteiger partial charge >= 0.3 is 0 Å². The molecule has 1 aromatic carbocycles. The van der Waals surface area contributed by atoms with Crippen molar-refractivity contribution in [1.82, 2.24) is 0 Å². The van der Waals surface area contributed by atoms with Crippen LogP contribution in [0.4, 0.5) is 5.69 Å². The van der Waals surface area contributed by atoms with Crippen molar-refractivity contribution < 1.29 is 0 Å². The van der Waals surface area contributed by atoms with E-state index >= 15 is 0 Å². The molecule has 0 heterocycles. The highest BCUT2D eigenvalue weighted by atomic mass is 14.9. The van der Waals surface area contributed by atoms with Crippen LogP contribution in [0.15, 0.2) is 30.3 Å². The smallest absolute Gasteiger partial charge is 0.0340 e. The predicted molar refractivity (Wildman–Crippen MR) is 64.5 cm³/mol. The zero-order chi connectivity index (χ0) is 10.4. The average Bonchev–Trinajstić information content (AvgIpc) is 2.17. The lowest BCUT2D eigenvalue weighted by Gasteiger charge is -2.08. The van der Waals surface area contributed by atoms with E-state index in [4.69, 9.17) is 0 Å². The van der Waals surface area contributed by atoms with Gasteiger partial charge in [-0.1, -0.05) is 38.1 Å². The molecule has 14 heavy (non-hydrogen) atoms. The summed E-state index contributed by atoms with van der Waals surface area (Å²) in [5.41, 5.74) is 2.45. The molecule has 0 aromatic heterocycles. The Morgan fingerprint density at radius 3 is 2.36 bits per heavy atom. The Hall–Kier alpha value is -1.24. The Balaban J connectivity index is 2.55. The van der Waals surface area contributed by atoms with Crippen LogP contribution < -0.4 is 5.32 Å². The Labute approximate surface area is 86.8 Å². The second-order valence-corrected chi connectivity index (χ2v) is 3.90. The number of hydrogen-bond acceptors (Lipinski definition) is 1. The van der Waals surface area contributed by atoms with Crippen LogP contribution >= 0.6 is 0 Å². The summed E-state index contributed by atoms with van der Waals surface area (Å²) >= 11 is 0. The zero-order valence-corrected chi connectivity index (χ0v) is 9.25. The average molecular weight is 189 g/mol. The number of benzene rings is 1. The van der Waals surface area contributed by atoms with Gasteiger partial charge in [-0.3, -0.25) is 0 Å². The lowest BCUT2D eigenvalue weighted by Crippen LogP contribution is -2.07. The maximum atomic E-state index is 3.39. The summed E-state index contributed by atoms with van der Waals surface area (Å²) in [6.07, 6.45) is 4.16. The normalized spacial score (nSPS) is 11.1. The van der Waals surface area contributed by atoms with Gasteiger partial charge in [0.25, 0.3) is 0 Å². The number of allylic oxidation sites excluding steroid dienone is 1. The highest BCUT2D eigenvalue weighted by molar-refractivity contribution is 5.54. The third-order valence-electron chi connectivity index (χ3n) is 1.98. The Bertz CT molecular complexity index is 283. The topological polar surface area (TPSA) is 12.0 Å². The largest absolute Gasteiger partial charge is 0.385 e. The number of anilines is 1. The molecule has 0 saturated carbocycles. The van der Waals surface area contributed by atoms with E-state index in [9.17, 15) is 0 Å². The molecule has 0 saturated heterocycles. The van der Waals surface area contributed by atoms with Crippen molar-refractivity contribution in [3.05, 3.63) is 35.9 Å². The molecule has 0 fully saturated rings. The number of rotatable bonds is 4. The maximum Gasteiger partial charge on any atom is 0.0340 e. The molecule has 1 aromatic rings. The number of nitrogens with one attached hydrogen (secondary N) is 1. The summed E-state index contributed by atoms with van der Waals surface area (Å²) in [6.45, 7) is 7.48. The summed E-state index contributed by atoms with van der Waals surface area (Å²) in [5, 5.41) is 3.39. The molecule has 0 radical (unpaired) electrons. The SMILES string of the molecule is C/C=C/c1ccc(NCC(C)C)cc1. The van der Waals surface area contributed by atoms with Crippen LogP contribution in [-0.2, 0) is 0 Å². The highest BCUT2D eigenvalue weighted by Crippen LogP contribution is 2.11. The molecule has 0 aliphatic rings. The molecular formula is C13H19N. The Kier molecular flexibility index (Phi) is 4.24. The van der Waals surface area contributed by atoms with Crippen LogP contribution in [0.3, 0.4) is 0 Å². The molecule has 0 amide bonds. The van der Waals surface area contributed by atoms with Crippen LogP contribution in [0.5, 0.6) is 0 Å². The van der Waals surface area contributed by atoms with Gasteiger partial charge in [-0.05, 0) is 30.5 Å². The van der Waals surface area contributed by atoms with Gasteiger partial charge in [-0.15, -0.1) is 0 Å². The summed E-state index contributed by atoms with van der Waals surface area (Å²) in [6, 6.07) is 8.50. The molecule has 1 heteroatoms. The van der Waals surface area contributed by atoms with E-state index in [1.165, 1.54) is 11.3 Å². The molecule has 0 spiro atoms. The second kappa shape index (κ2) is 5.48. The van der Waals surface area contributed by atoms with Gasteiger partial charge in [0.15, 0.2) is 0 Å². The molecule has 0 unspecified atom stereocenters. The molecule has 1 N–H and O–H groups in total. The van der Waals surface area contributed by atoms with Crippen molar-refractivity contribution in [2.75, 3.05) is 11.9 Å². The fourth-order valence-corrected chi connectivity index (χ4v) is 1.23. The number of hydrogen-bond donors (Lipinski definition) is 1. The molecule has 1 nitrogen and oxygen atoms in total. The standard InChI is InChI=1S/C13H19N/c1-4-5-12-6-8-13(9-7-12)14-10-11(2)3/h4-9,11,14H,10H2,1-3H3/b5-4+. The fourth-order valence-electron chi connectivity index (χ4n) is 1.23. The van der Waals surface area contributed by atoms with Gasteiger partial charge in [-0.25, -0.2) is 0 Å². The third kappa shape index (κ3) is 3.65. The summed E-state index contributed by atoms with van der Waals surface area (Å²) < 4.78 is 0. The van der Waals surface area contributed by atoms with Gasteiger partial charge in [0, 0.05) is 12.2 Å². The minimum atomic E-state index is 0.685. The summed E-state index contributed by atoms with van der Waals surface area (Å²) in [4.78, 5) is 0. The van der Waals surface area contributed by atoms with Gasteiger partial charge in [-0.2, -0.15) is 0 Å². The van der Waals surface area contributed by atoms with E-state index < -0.39 is 0 Å². The summed E-state index contributed by atoms with van der Waals surface area (Å²) in [7, 11) is 0. The van der Waals surface area contributed by atoms with E-state index in [2.05, 4.69) is 55.6 Å². The van der Waals surface area contributed by atoms with Crippen LogP contribution in [0.25, 0.3) is 6.08 Å². The Morgan fingerprint density at radius 1 is 1.21 bits per heavy atom. The first-order chi connectivity index (χ1) is 6.72. The molecule has 0 aliphatic carbocycles. The quantitative estimate of drug-likeness (QED) is 0.760. The van der Waals surface area contributed by atoms with Crippen LogP contribution in [0.1, 0.15) is 26.3 Å². The first-order valence-corrected chi connectivity index (χ1v) is 5.19. The monoisotopic (exact) mass is 189 g/mol. The van der Waals surface area contributed by atoms with E-state index in [0.717, 1.165) is 6.54 Å². The van der Waals surface area contributed by atoms with Crippen molar-refractivity contribution in [3.8, 4) is 0 Å². The molecule has 0 aliphatic heterocycles. The highest BCUT2D eigenvalue weighted by Gasteiger charge is 1.94. The minimum Gasteiger partial charge on any atom is -0.385 e. The second-order valence-electron chi connectivity index (χ2n) is 3.90. The molecule has 0 atom stereocenters. The zero-order valence-electron chi connectivity index (χ0n) is 9.25. The van der Waals surface area contributed by atoms with E-state index in [1.807, 2.05) is 6.92 Å². The van der Waals surface area contributed by atoms with Crippen molar-refractivity contribution in [1.29, 1.82) is 0 Å². The molecule has 1 rings (SSSR count). The van der Waals surface area contributed by atoms with Gasteiger partial charge in [0.05, 0.1) is 0 Å². The minimum absolute atomic E-state index is 0.685. The van der Waals surface area contributed by atoms with Crippen LogP contribution in [-0.4, -0.2) is 6.54 Å². The van der Waals surface area contributed by atoms with E-state index in [-0.39, 0.29) is 0 Å².